The average Bonchev–Trinajstić information content (AvgIpc) is 2.67. The smallest absolute Gasteiger partial charge is 0.191 e. The highest BCUT2D eigenvalue weighted by Crippen LogP contribution is 2.16. The predicted molar refractivity (Wildman–Crippen MR) is 106 cm³/mol. The Morgan fingerprint density at radius 1 is 1.07 bits per heavy atom. The zero-order valence-electron chi connectivity index (χ0n) is 16.2. The minimum absolute atomic E-state index is 0.209. The maximum absolute atomic E-state index is 13.7. The molecule has 0 aliphatic heterocycles. The van der Waals surface area contributed by atoms with E-state index in [9.17, 15) is 4.39 Å². The lowest BCUT2D eigenvalue weighted by atomic mass is 10.1. The molecule has 0 amide bonds. The number of nitrogens with one attached hydrogen (secondary N) is 2. The van der Waals surface area contributed by atoms with Gasteiger partial charge in [0.1, 0.15) is 6.10 Å². The number of hydrogen-bond donors (Lipinski definition) is 2. The Hall–Kier alpha value is -2.60. The number of rotatable bonds is 9. The van der Waals surface area contributed by atoms with Crippen LogP contribution in [0.3, 0.4) is 0 Å². The largest absolute Gasteiger partial charge is 0.486 e. The van der Waals surface area contributed by atoms with Crippen LogP contribution in [0.4, 0.5) is 4.39 Å². The third-order valence-corrected chi connectivity index (χ3v) is 3.82. The van der Waals surface area contributed by atoms with E-state index < -0.39 is 0 Å². The number of guanidine groups is 1. The number of halogens is 1. The molecule has 0 aliphatic carbocycles. The Morgan fingerprint density at radius 3 is 2.44 bits per heavy atom. The molecule has 0 bridgehead atoms. The highest BCUT2D eigenvalue weighted by Gasteiger charge is 2.08. The molecule has 2 aromatic carbocycles. The third kappa shape index (κ3) is 7.27. The lowest BCUT2D eigenvalue weighted by Crippen LogP contribution is -2.41. The molecule has 146 valence electrons. The molecule has 6 heteroatoms. The van der Waals surface area contributed by atoms with Gasteiger partial charge in [-0.15, -0.1) is 0 Å². The van der Waals surface area contributed by atoms with E-state index in [-0.39, 0.29) is 17.7 Å². The first-order valence-electron chi connectivity index (χ1n) is 9.12. The van der Waals surface area contributed by atoms with Crippen molar-refractivity contribution in [2.45, 2.75) is 33.1 Å². The van der Waals surface area contributed by atoms with Crippen LogP contribution >= 0.6 is 0 Å². The molecule has 0 heterocycles. The van der Waals surface area contributed by atoms with Gasteiger partial charge in [-0.25, -0.2) is 9.38 Å². The minimum Gasteiger partial charge on any atom is -0.486 e. The molecule has 0 aromatic heterocycles. The second-order valence-electron chi connectivity index (χ2n) is 6.18. The fourth-order valence-electron chi connectivity index (χ4n) is 2.46. The summed E-state index contributed by atoms with van der Waals surface area (Å²) in [6.45, 7) is 6.32. The van der Waals surface area contributed by atoms with E-state index >= 15 is 0 Å². The number of methoxy groups -OCH3 is 1. The maximum atomic E-state index is 13.7. The zero-order chi connectivity index (χ0) is 19.5. The Balaban J connectivity index is 1.88. The van der Waals surface area contributed by atoms with Crippen molar-refractivity contribution >= 4 is 5.96 Å². The first kappa shape index (κ1) is 20.7. The predicted octanol–water partition coefficient (Wildman–Crippen LogP) is 3.49. The van der Waals surface area contributed by atoms with Gasteiger partial charge in [0.05, 0.1) is 19.7 Å². The summed E-state index contributed by atoms with van der Waals surface area (Å²) in [6, 6.07) is 14.6. The van der Waals surface area contributed by atoms with E-state index in [4.69, 9.17) is 9.47 Å². The summed E-state index contributed by atoms with van der Waals surface area (Å²) >= 11 is 0. The van der Waals surface area contributed by atoms with Crippen LogP contribution in [0, 0.1) is 5.82 Å². The van der Waals surface area contributed by atoms with Crippen molar-refractivity contribution in [3.63, 3.8) is 0 Å². The van der Waals surface area contributed by atoms with Gasteiger partial charge >= 0.3 is 0 Å². The second-order valence-corrected chi connectivity index (χ2v) is 6.18. The number of benzene rings is 2. The van der Waals surface area contributed by atoms with Gasteiger partial charge in [-0.3, -0.25) is 0 Å². The number of nitrogens with zero attached hydrogens (tertiary/aromatic N) is 1. The normalized spacial score (nSPS) is 12.5. The number of aliphatic imine (C=N–C) groups is 1. The van der Waals surface area contributed by atoms with Crippen LogP contribution in [0.2, 0.25) is 0 Å². The minimum atomic E-state index is -0.359. The molecule has 5 nitrogen and oxygen atoms in total. The van der Waals surface area contributed by atoms with Crippen molar-refractivity contribution in [3.05, 3.63) is 65.5 Å². The summed E-state index contributed by atoms with van der Waals surface area (Å²) in [5.74, 6) is 0.592. The molecule has 2 aromatic rings. The van der Waals surface area contributed by atoms with Crippen LogP contribution in [-0.2, 0) is 17.9 Å². The van der Waals surface area contributed by atoms with E-state index in [1.165, 1.54) is 6.07 Å². The number of hydrogen-bond acceptors (Lipinski definition) is 3. The van der Waals surface area contributed by atoms with E-state index in [0.717, 1.165) is 17.7 Å². The first-order valence-corrected chi connectivity index (χ1v) is 9.12. The van der Waals surface area contributed by atoms with Gasteiger partial charge in [0.15, 0.2) is 17.5 Å². The van der Waals surface area contributed by atoms with Gasteiger partial charge in [-0.1, -0.05) is 36.4 Å². The van der Waals surface area contributed by atoms with Crippen LogP contribution in [0.15, 0.2) is 53.5 Å². The summed E-state index contributed by atoms with van der Waals surface area (Å²) in [4.78, 5) is 4.59. The third-order valence-electron chi connectivity index (χ3n) is 3.82. The van der Waals surface area contributed by atoms with Crippen LogP contribution in [0.5, 0.6) is 5.75 Å². The van der Waals surface area contributed by atoms with Crippen molar-refractivity contribution < 1.29 is 13.9 Å². The summed E-state index contributed by atoms with van der Waals surface area (Å²) in [7, 11) is 1.68. The molecule has 0 saturated heterocycles. The molecule has 27 heavy (non-hydrogen) atoms. The van der Waals surface area contributed by atoms with Crippen molar-refractivity contribution in [2.75, 3.05) is 20.2 Å². The molecular weight excluding hydrogens is 345 g/mol. The molecule has 0 fully saturated rings. The zero-order valence-corrected chi connectivity index (χ0v) is 16.2. The van der Waals surface area contributed by atoms with Crippen LogP contribution in [0.25, 0.3) is 0 Å². The van der Waals surface area contributed by atoms with E-state index in [1.54, 1.807) is 25.3 Å². The molecular formula is C21H28FN3O2. The summed E-state index contributed by atoms with van der Waals surface area (Å²) in [5, 5.41) is 6.44. The number of para-hydroxylation sites is 1. The molecule has 2 rings (SSSR count). The SMILES string of the molecule is CCNC(=NCc1ccc(COC)cc1)NCC(C)Oc1ccccc1F. The van der Waals surface area contributed by atoms with Crippen LogP contribution in [0.1, 0.15) is 25.0 Å². The van der Waals surface area contributed by atoms with E-state index in [0.29, 0.717) is 25.7 Å². The van der Waals surface area contributed by atoms with E-state index in [1.807, 2.05) is 38.1 Å². The standard InChI is InChI=1S/C21H28FN3O2/c1-4-23-21(25-14-17-9-11-18(12-10-17)15-26-3)24-13-16(2)27-20-8-6-5-7-19(20)22/h5-12,16H,4,13-15H2,1-3H3,(H2,23,24,25). The molecule has 0 radical (unpaired) electrons. The van der Waals surface area contributed by atoms with Gasteiger partial charge in [-0.2, -0.15) is 0 Å². The molecule has 0 saturated carbocycles. The van der Waals surface area contributed by atoms with Crippen LogP contribution in [-0.4, -0.2) is 32.3 Å². The lowest BCUT2D eigenvalue weighted by Gasteiger charge is -2.18. The summed E-state index contributed by atoms with van der Waals surface area (Å²) in [5.41, 5.74) is 2.25. The lowest BCUT2D eigenvalue weighted by molar-refractivity contribution is 0.185. The van der Waals surface area contributed by atoms with Crippen LogP contribution < -0.4 is 15.4 Å². The maximum Gasteiger partial charge on any atom is 0.191 e. The fraction of sp³-hybridized carbons (Fsp3) is 0.381. The average molecular weight is 373 g/mol. The fourth-order valence-corrected chi connectivity index (χ4v) is 2.46. The second kappa shape index (κ2) is 11.2. The van der Waals surface area contributed by atoms with Gasteiger partial charge < -0.3 is 20.1 Å². The van der Waals surface area contributed by atoms with Crippen molar-refractivity contribution in [2.24, 2.45) is 4.99 Å². The first-order chi connectivity index (χ1) is 13.1. The van der Waals surface area contributed by atoms with Crippen molar-refractivity contribution in [1.82, 2.24) is 10.6 Å². The molecule has 2 N–H and O–H groups in total. The van der Waals surface area contributed by atoms with Crippen molar-refractivity contribution in [1.29, 1.82) is 0 Å². The Labute approximate surface area is 160 Å². The molecule has 0 aliphatic rings. The summed E-state index contributed by atoms with van der Waals surface area (Å²) < 4.78 is 24.4. The highest BCUT2D eigenvalue weighted by molar-refractivity contribution is 5.79. The Kier molecular flexibility index (Phi) is 8.58. The number of ether oxygens (including phenoxy) is 2. The monoisotopic (exact) mass is 373 g/mol. The van der Waals surface area contributed by atoms with Gasteiger partial charge in [0.2, 0.25) is 0 Å². The molecule has 0 spiro atoms. The topological polar surface area (TPSA) is 54.9 Å². The van der Waals surface area contributed by atoms with Gasteiger partial charge in [-0.05, 0) is 37.1 Å². The molecule has 1 atom stereocenters. The highest BCUT2D eigenvalue weighted by atomic mass is 19.1. The van der Waals surface area contributed by atoms with E-state index in [2.05, 4.69) is 15.6 Å². The Bertz CT molecular complexity index is 720. The summed E-state index contributed by atoms with van der Waals surface area (Å²) in [6.07, 6.45) is -0.209. The van der Waals surface area contributed by atoms with Gasteiger partial charge in [0, 0.05) is 13.7 Å². The van der Waals surface area contributed by atoms with Gasteiger partial charge in [0.25, 0.3) is 0 Å². The molecule has 1 unspecified atom stereocenters. The Morgan fingerprint density at radius 2 is 1.78 bits per heavy atom. The van der Waals surface area contributed by atoms with Crippen molar-refractivity contribution in [3.8, 4) is 5.75 Å². The quantitative estimate of drug-likeness (QED) is 0.522.